The van der Waals surface area contributed by atoms with Crippen LogP contribution in [0.4, 0.5) is 0 Å². The number of piperidine rings is 1. The van der Waals surface area contributed by atoms with E-state index >= 15 is 0 Å². The maximum Gasteiger partial charge on any atom is 0.252 e. The second kappa shape index (κ2) is 9.74. The SMILES string of the molecule is COC1(C(=O)NCc2ccccc2Oc2ccc(C)cc2)CCNCC1.Cl. The number of ether oxygens (including phenoxy) is 2. The summed E-state index contributed by atoms with van der Waals surface area (Å²) in [6.07, 6.45) is 1.35. The lowest BCUT2D eigenvalue weighted by atomic mass is 9.91. The lowest BCUT2D eigenvalue weighted by molar-refractivity contribution is -0.146. The lowest BCUT2D eigenvalue weighted by Crippen LogP contribution is -2.53. The van der Waals surface area contributed by atoms with Crippen molar-refractivity contribution in [3.05, 3.63) is 59.7 Å². The zero-order valence-corrected chi connectivity index (χ0v) is 16.6. The van der Waals surface area contributed by atoms with Crippen molar-refractivity contribution >= 4 is 18.3 Å². The van der Waals surface area contributed by atoms with E-state index in [-0.39, 0.29) is 18.3 Å². The molecular weight excluding hydrogens is 364 g/mol. The van der Waals surface area contributed by atoms with Gasteiger partial charge >= 0.3 is 0 Å². The number of halogens is 1. The van der Waals surface area contributed by atoms with Gasteiger partial charge in [-0.05, 0) is 51.1 Å². The number of benzene rings is 2. The Morgan fingerprint density at radius 1 is 1.11 bits per heavy atom. The Labute approximate surface area is 166 Å². The van der Waals surface area contributed by atoms with Crippen molar-refractivity contribution in [3.63, 3.8) is 0 Å². The third kappa shape index (κ3) is 5.22. The average molecular weight is 391 g/mol. The lowest BCUT2D eigenvalue weighted by Gasteiger charge is -2.34. The molecule has 0 spiro atoms. The summed E-state index contributed by atoms with van der Waals surface area (Å²) in [5.74, 6) is 1.46. The highest BCUT2D eigenvalue weighted by Gasteiger charge is 2.39. The van der Waals surface area contributed by atoms with Crippen LogP contribution in [0.25, 0.3) is 0 Å². The van der Waals surface area contributed by atoms with E-state index in [0.29, 0.717) is 19.4 Å². The Kier molecular flexibility index (Phi) is 7.66. The number of aryl methyl sites for hydroxylation is 1. The van der Waals surface area contributed by atoms with E-state index in [2.05, 4.69) is 10.6 Å². The summed E-state index contributed by atoms with van der Waals surface area (Å²) in [7, 11) is 1.61. The van der Waals surface area contributed by atoms with Gasteiger partial charge in [-0.2, -0.15) is 0 Å². The molecule has 3 rings (SSSR count). The van der Waals surface area contributed by atoms with Gasteiger partial charge in [-0.15, -0.1) is 12.4 Å². The molecule has 1 amide bonds. The quantitative estimate of drug-likeness (QED) is 0.791. The second-order valence-electron chi connectivity index (χ2n) is 6.65. The summed E-state index contributed by atoms with van der Waals surface area (Å²) in [5.41, 5.74) is 1.38. The predicted octanol–water partition coefficient (Wildman–Crippen LogP) is 3.59. The van der Waals surface area contributed by atoms with E-state index in [1.165, 1.54) is 5.56 Å². The molecule has 27 heavy (non-hydrogen) atoms. The molecule has 5 nitrogen and oxygen atoms in total. The van der Waals surface area contributed by atoms with Crippen LogP contribution in [0.2, 0.25) is 0 Å². The second-order valence-corrected chi connectivity index (χ2v) is 6.65. The fraction of sp³-hybridized carbons (Fsp3) is 0.381. The number of carbonyl (C=O) groups excluding carboxylic acids is 1. The number of para-hydroxylation sites is 1. The van der Waals surface area contributed by atoms with Crippen molar-refractivity contribution in [1.29, 1.82) is 0 Å². The number of amides is 1. The van der Waals surface area contributed by atoms with Gasteiger partial charge in [0.05, 0.1) is 0 Å². The summed E-state index contributed by atoms with van der Waals surface area (Å²) in [6, 6.07) is 15.7. The molecular formula is C21H27ClN2O3. The minimum Gasteiger partial charge on any atom is -0.457 e. The highest BCUT2D eigenvalue weighted by Crippen LogP contribution is 2.26. The van der Waals surface area contributed by atoms with Gasteiger partial charge < -0.3 is 20.1 Å². The smallest absolute Gasteiger partial charge is 0.252 e. The maximum absolute atomic E-state index is 12.7. The van der Waals surface area contributed by atoms with E-state index in [1.54, 1.807) is 7.11 Å². The van der Waals surface area contributed by atoms with Gasteiger partial charge in [0.2, 0.25) is 0 Å². The number of hydrogen-bond donors (Lipinski definition) is 2. The number of nitrogens with one attached hydrogen (secondary N) is 2. The van der Waals surface area contributed by atoms with Gasteiger partial charge in [-0.25, -0.2) is 0 Å². The van der Waals surface area contributed by atoms with E-state index in [1.807, 2.05) is 55.5 Å². The first-order chi connectivity index (χ1) is 12.6. The van der Waals surface area contributed by atoms with Crippen LogP contribution in [-0.2, 0) is 16.1 Å². The third-order valence-corrected chi connectivity index (χ3v) is 4.88. The Bertz CT molecular complexity index is 743. The summed E-state index contributed by atoms with van der Waals surface area (Å²) in [6.45, 7) is 4.02. The fourth-order valence-corrected chi connectivity index (χ4v) is 3.17. The van der Waals surface area contributed by atoms with Crippen LogP contribution in [0.5, 0.6) is 11.5 Å². The largest absolute Gasteiger partial charge is 0.457 e. The van der Waals surface area contributed by atoms with Crippen LogP contribution in [0, 0.1) is 6.92 Å². The van der Waals surface area contributed by atoms with Crippen LogP contribution in [0.1, 0.15) is 24.0 Å². The molecule has 146 valence electrons. The highest BCUT2D eigenvalue weighted by molar-refractivity contribution is 5.85. The van der Waals surface area contributed by atoms with E-state index < -0.39 is 5.60 Å². The van der Waals surface area contributed by atoms with Gasteiger partial charge in [0.25, 0.3) is 5.91 Å². The van der Waals surface area contributed by atoms with Crippen molar-refractivity contribution in [2.75, 3.05) is 20.2 Å². The molecule has 0 unspecified atom stereocenters. The Hall–Kier alpha value is -2.08. The molecule has 0 aromatic heterocycles. The molecule has 1 aliphatic rings. The van der Waals surface area contributed by atoms with E-state index in [9.17, 15) is 4.79 Å². The molecule has 2 N–H and O–H groups in total. The Morgan fingerprint density at radius 2 is 1.78 bits per heavy atom. The van der Waals surface area contributed by atoms with Gasteiger partial charge in [-0.3, -0.25) is 4.79 Å². The first kappa shape index (κ1) is 21.2. The molecule has 1 saturated heterocycles. The topological polar surface area (TPSA) is 59.6 Å². The van der Waals surface area contributed by atoms with Crippen LogP contribution < -0.4 is 15.4 Å². The number of methoxy groups -OCH3 is 1. The van der Waals surface area contributed by atoms with Crippen LogP contribution in [0.3, 0.4) is 0 Å². The normalized spacial score (nSPS) is 15.5. The van der Waals surface area contributed by atoms with Crippen molar-refractivity contribution in [2.24, 2.45) is 0 Å². The zero-order chi connectivity index (χ0) is 18.4. The van der Waals surface area contributed by atoms with E-state index in [0.717, 1.165) is 30.2 Å². The molecule has 0 atom stereocenters. The Morgan fingerprint density at radius 3 is 2.44 bits per heavy atom. The molecule has 1 aliphatic heterocycles. The summed E-state index contributed by atoms with van der Waals surface area (Å²) in [5, 5.41) is 6.29. The molecule has 0 radical (unpaired) electrons. The predicted molar refractivity (Wildman–Crippen MR) is 109 cm³/mol. The van der Waals surface area contributed by atoms with Crippen molar-refractivity contribution in [1.82, 2.24) is 10.6 Å². The first-order valence-corrected chi connectivity index (χ1v) is 8.99. The van der Waals surface area contributed by atoms with Crippen molar-refractivity contribution in [2.45, 2.75) is 31.9 Å². The standard InChI is InChI=1S/C21H26N2O3.ClH/c1-16-7-9-18(10-8-16)26-19-6-4-3-5-17(19)15-23-20(24)21(25-2)11-13-22-14-12-21;/h3-10,22H,11-15H2,1-2H3,(H,23,24);1H. The number of hydrogen-bond acceptors (Lipinski definition) is 4. The fourth-order valence-electron chi connectivity index (χ4n) is 3.17. The van der Waals surface area contributed by atoms with E-state index in [4.69, 9.17) is 9.47 Å². The van der Waals surface area contributed by atoms with Gasteiger partial charge in [-0.1, -0.05) is 35.9 Å². The minimum absolute atomic E-state index is 0. The number of carbonyl (C=O) groups is 1. The zero-order valence-electron chi connectivity index (χ0n) is 15.8. The highest BCUT2D eigenvalue weighted by atomic mass is 35.5. The van der Waals surface area contributed by atoms with Crippen molar-refractivity contribution < 1.29 is 14.3 Å². The number of rotatable bonds is 6. The van der Waals surface area contributed by atoms with Crippen LogP contribution in [0.15, 0.2) is 48.5 Å². The molecule has 0 bridgehead atoms. The van der Waals surface area contributed by atoms with Crippen LogP contribution >= 0.6 is 12.4 Å². The molecule has 6 heteroatoms. The minimum atomic E-state index is -0.738. The third-order valence-electron chi connectivity index (χ3n) is 4.88. The van der Waals surface area contributed by atoms with Crippen LogP contribution in [-0.4, -0.2) is 31.7 Å². The molecule has 0 saturated carbocycles. The van der Waals surface area contributed by atoms with Crippen molar-refractivity contribution in [3.8, 4) is 11.5 Å². The summed E-state index contributed by atoms with van der Waals surface area (Å²) < 4.78 is 11.6. The monoisotopic (exact) mass is 390 g/mol. The molecule has 2 aromatic rings. The van der Waals surface area contributed by atoms with Gasteiger partial charge in [0.15, 0.2) is 0 Å². The molecule has 1 heterocycles. The maximum atomic E-state index is 12.7. The average Bonchev–Trinajstić information content (AvgIpc) is 2.69. The summed E-state index contributed by atoms with van der Waals surface area (Å²) in [4.78, 5) is 12.7. The summed E-state index contributed by atoms with van der Waals surface area (Å²) >= 11 is 0. The van der Waals surface area contributed by atoms with Gasteiger partial charge in [0, 0.05) is 19.2 Å². The molecule has 2 aromatic carbocycles. The van der Waals surface area contributed by atoms with Gasteiger partial charge in [0.1, 0.15) is 17.1 Å². The molecule has 1 fully saturated rings. The first-order valence-electron chi connectivity index (χ1n) is 8.99. The Balaban J connectivity index is 0.00000261. The molecule has 0 aliphatic carbocycles.